The monoisotopic (exact) mass is 402 g/mol. The largest absolute Gasteiger partial charge is 0.497 e. The molecule has 1 saturated heterocycles. The molecule has 2 amide bonds. The molecule has 0 saturated carbocycles. The van der Waals surface area contributed by atoms with Crippen LogP contribution in [0.4, 0.5) is 5.13 Å². The lowest BCUT2D eigenvalue weighted by molar-refractivity contribution is -0.138. The molecule has 1 aromatic heterocycles. The number of carbonyl (C=O) groups excluding carboxylic acids is 2. The molecule has 1 N–H and O–H groups in total. The molecule has 2 aromatic rings. The summed E-state index contributed by atoms with van der Waals surface area (Å²) in [4.78, 5) is 27.0. The summed E-state index contributed by atoms with van der Waals surface area (Å²) < 4.78 is 5.23. The maximum atomic E-state index is 12.8. The highest BCUT2D eigenvalue weighted by molar-refractivity contribution is 7.18. The minimum Gasteiger partial charge on any atom is -0.497 e. The zero-order chi connectivity index (χ0) is 20.3. The first-order valence-corrected chi connectivity index (χ1v) is 10.2. The van der Waals surface area contributed by atoms with Gasteiger partial charge in [-0.25, -0.2) is 0 Å². The molecular formula is C20H26N4O3S. The molecule has 3 rings (SSSR count). The van der Waals surface area contributed by atoms with E-state index in [1.807, 2.05) is 45.0 Å². The molecule has 28 heavy (non-hydrogen) atoms. The maximum Gasteiger partial charge on any atom is 0.249 e. The summed E-state index contributed by atoms with van der Waals surface area (Å²) in [6.45, 7) is 6.70. The van der Waals surface area contributed by atoms with Crippen LogP contribution in [0.1, 0.15) is 40.0 Å². The van der Waals surface area contributed by atoms with Crippen molar-refractivity contribution in [1.82, 2.24) is 15.1 Å². The van der Waals surface area contributed by atoms with Crippen molar-refractivity contribution in [2.24, 2.45) is 5.41 Å². The molecule has 7 nitrogen and oxygen atoms in total. The lowest BCUT2D eigenvalue weighted by atomic mass is 9.91. The van der Waals surface area contributed by atoms with E-state index >= 15 is 0 Å². The fourth-order valence-electron chi connectivity index (χ4n) is 3.23. The Morgan fingerprint density at radius 1 is 1.32 bits per heavy atom. The van der Waals surface area contributed by atoms with Crippen LogP contribution in [0.25, 0.3) is 10.6 Å². The van der Waals surface area contributed by atoms with Crippen LogP contribution >= 0.6 is 11.3 Å². The third-order valence-corrected chi connectivity index (χ3v) is 5.42. The van der Waals surface area contributed by atoms with Crippen molar-refractivity contribution in [2.75, 3.05) is 19.0 Å². The molecule has 0 aliphatic carbocycles. The molecule has 1 fully saturated rings. The zero-order valence-electron chi connectivity index (χ0n) is 16.7. The van der Waals surface area contributed by atoms with Gasteiger partial charge in [0.2, 0.25) is 16.9 Å². The van der Waals surface area contributed by atoms with E-state index in [1.165, 1.54) is 11.3 Å². The fraction of sp³-hybridized carbons (Fsp3) is 0.500. The van der Waals surface area contributed by atoms with Crippen LogP contribution in [-0.4, -0.2) is 46.6 Å². The summed E-state index contributed by atoms with van der Waals surface area (Å²) in [6.07, 6.45) is 1.93. The third-order valence-electron chi connectivity index (χ3n) is 4.53. The number of anilines is 1. The van der Waals surface area contributed by atoms with Crippen molar-refractivity contribution in [1.29, 1.82) is 0 Å². The number of amides is 2. The van der Waals surface area contributed by atoms with Crippen molar-refractivity contribution in [3.63, 3.8) is 0 Å². The van der Waals surface area contributed by atoms with Gasteiger partial charge in [-0.1, -0.05) is 44.2 Å². The van der Waals surface area contributed by atoms with Crippen molar-refractivity contribution in [3.8, 4) is 16.3 Å². The van der Waals surface area contributed by atoms with Gasteiger partial charge >= 0.3 is 0 Å². The minimum absolute atomic E-state index is 0.0273. The van der Waals surface area contributed by atoms with E-state index in [2.05, 4.69) is 15.5 Å². The number of nitrogens with one attached hydrogen (secondary N) is 1. The molecule has 1 aromatic carbocycles. The number of rotatable bonds is 5. The van der Waals surface area contributed by atoms with Gasteiger partial charge in [-0.15, -0.1) is 10.2 Å². The Balaban J connectivity index is 1.67. The second-order valence-electron chi connectivity index (χ2n) is 8.12. The number of hydrogen-bond acceptors (Lipinski definition) is 6. The number of methoxy groups -OCH3 is 1. The van der Waals surface area contributed by atoms with E-state index < -0.39 is 6.04 Å². The summed E-state index contributed by atoms with van der Waals surface area (Å²) in [5.74, 6) is 0.560. The van der Waals surface area contributed by atoms with Gasteiger partial charge in [-0.05, 0) is 30.4 Å². The van der Waals surface area contributed by atoms with Gasteiger partial charge in [0, 0.05) is 18.5 Å². The van der Waals surface area contributed by atoms with Gasteiger partial charge in [0.1, 0.15) is 16.8 Å². The van der Waals surface area contributed by atoms with Crippen molar-refractivity contribution in [3.05, 3.63) is 24.3 Å². The summed E-state index contributed by atoms with van der Waals surface area (Å²) >= 11 is 1.30. The summed E-state index contributed by atoms with van der Waals surface area (Å²) in [7, 11) is 1.61. The number of benzene rings is 1. The molecule has 0 radical (unpaired) electrons. The number of hydrogen-bond donors (Lipinski definition) is 1. The van der Waals surface area contributed by atoms with Gasteiger partial charge in [-0.3, -0.25) is 14.9 Å². The Morgan fingerprint density at radius 2 is 2.11 bits per heavy atom. The van der Waals surface area contributed by atoms with Crippen molar-refractivity contribution < 1.29 is 14.3 Å². The third kappa shape index (κ3) is 4.86. The van der Waals surface area contributed by atoms with E-state index in [4.69, 9.17) is 4.74 Å². The SMILES string of the molecule is COc1cccc(-c2nnc(NC(=O)C3CCCN3C(=O)CC(C)(C)C)s2)c1. The smallest absolute Gasteiger partial charge is 0.249 e. The topological polar surface area (TPSA) is 84.4 Å². The predicted molar refractivity (Wildman–Crippen MR) is 109 cm³/mol. The predicted octanol–water partition coefficient (Wildman–Crippen LogP) is 3.58. The second kappa shape index (κ2) is 8.26. The van der Waals surface area contributed by atoms with Crippen LogP contribution in [0.5, 0.6) is 5.75 Å². The Kier molecular flexibility index (Phi) is 5.98. The van der Waals surface area contributed by atoms with Crippen LogP contribution in [-0.2, 0) is 9.59 Å². The van der Waals surface area contributed by atoms with Crippen molar-refractivity contribution in [2.45, 2.75) is 46.1 Å². The van der Waals surface area contributed by atoms with E-state index in [0.29, 0.717) is 29.5 Å². The molecule has 150 valence electrons. The molecule has 1 aliphatic rings. The Morgan fingerprint density at radius 3 is 2.82 bits per heavy atom. The number of nitrogens with zero attached hydrogens (tertiary/aromatic N) is 3. The van der Waals surface area contributed by atoms with Gasteiger partial charge in [0.05, 0.1) is 7.11 Å². The number of ether oxygens (including phenoxy) is 1. The van der Waals surface area contributed by atoms with Crippen LogP contribution in [0, 0.1) is 5.41 Å². The van der Waals surface area contributed by atoms with Crippen molar-refractivity contribution >= 4 is 28.3 Å². The Bertz CT molecular complexity index is 859. The normalized spacial score (nSPS) is 16.9. The van der Waals surface area contributed by atoms with Crippen LogP contribution in [0.3, 0.4) is 0 Å². The van der Waals surface area contributed by atoms with Crippen LogP contribution in [0.2, 0.25) is 0 Å². The van der Waals surface area contributed by atoms with Crippen LogP contribution < -0.4 is 10.1 Å². The standard InChI is InChI=1S/C20H26N4O3S/c1-20(2,3)12-16(25)24-10-6-9-15(24)17(26)21-19-23-22-18(28-19)13-7-5-8-14(11-13)27-4/h5,7-8,11,15H,6,9-10,12H2,1-4H3,(H,21,23,26). The first kappa shape index (κ1) is 20.3. The van der Waals surface area contributed by atoms with Gasteiger partial charge in [-0.2, -0.15) is 0 Å². The Labute approximate surface area is 169 Å². The second-order valence-corrected chi connectivity index (χ2v) is 9.09. The van der Waals surface area contributed by atoms with Crippen LogP contribution in [0.15, 0.2) is 24.3 Å². The average Bonchev–Trinajstić information content (AvgIpc) is 3.30. The molecule has 2 heterocycles. The first-order chi connectivity index (χ1) is 13.3. The molecule has 1 atom stereocenters. The summed E-state index contributed by atoms with van der Waals surface area (Å²) in [5.41, 5.74) is 0.770. The molecule has 0 bridgehead atoms. The maximum absolute atomic E-state index is 12.8. The Hall–Kier alpha value is -2.48. The van der Waals surface area contributed by atoms with E-state index in [0.717, 1.165) is 17.7 Å². The van der Waals surface area contributed by atoms with E-state index in [-0.39, 0.29) is 17.2 Å². The lowest BCUT2D eigenvalue weighted by Gasteiger charge is -2.27. The highest BCUT2D eigenvalue weighted by atomic mass is 32.1. The van der Waals surface area contributed by atoms with E-state index in [1.54, 1.807) is 12.0 Å². The fourth-order valence-corrected chi connectivity index (χ4v) is 3.97. The highest BCUT2D eigenvalue weighted by Crippen LogP contribution is 2.30. The van der Waals surface area contributed by atoms with Gasteiger partial charge in [0.25, 0.3) is 0 Å². The average molecular weight is 403 g/mol. The molecule has 0 spiro atoms. The van der Waals surface area contributed by atoms with E-state index in [9.17, 15) is 9.59 Å². The molecular weight excluding hydrogens is 376 g/mol. The number of aromatic nitrogens is 2. The lowest BCUT2D eigenvalue weighted by Crippen LogP contribution is -2.44. The molecule has 8 heteroatoms. The molecule has 1 aliphatic heterocycles. The number of likely N-dealkylation sites (tertiary alicyclic amines) is 1. The summed E-state index contributed by atoms with van der Waals surface area (Å²) in [5, 5.41) is 12.2. The van der Waals surface area contributed by atoms with Gasteiger partial charge < -0.3 is 9.64 Å². The minimum atomic E-state index is -0.445. The highest BCUT2D eigenvalue weighted by Gasteiger charge is 2.35. The summed E-state index contributed by atoms with van der Waals surface area (Å²) in [6, 6.07) is 7.08. The quantitative estimate of drug-likeness (QED) is 0.826. The number of carbonyl (C=O) groups is 2. The first-order valence-electron chi connectivity index (χ1n) is 9.35. The zero-order valence-corrected chi connectivity index (χ0v) is 17.5. The molecule has 1 unspecified atom stereocenters. The van der Waals surface area contributed by atoms with Gasteiger partial charge in [0.15, 0.2) is 0 Å².